The van der Waals surface area contributed by atoms with E-state index in [4.69, 9.17) is 18.6 Å². The van der Waals surface area contributed by atoms with E-state index in [1.165, 1.54) is 24.9 Å². The van der Waals surface area contributed by atoms with Crippen LogP contribution in [0.1, 0.15) is 28.6 Å². The summed E-state index contributed by atoms with van der Waals surface area (Å²) in [6, 6.07) is 15.7. The van der Waals surface area contributed by atoms with E-state index in [9.17, 15) is 14.4 Å². The van der Waals surface area contributed by atoms with Crippen LogP contribution in [0, 0.1) is 0 Å². The Balaban J connectivity index is 1.26. The molecule has 1 atom stereocenters. The van der Waals surface area contributed by atoms with Gasteiger partial charge >= 0.3 is 5.97 Å². The number of ether oxygens (including phenoxy) is 3. The van der Waals surface area contributed by atoms with Gasteiger partial charge in [-0.2, -0.15) is 0 Å². The zero-order valence-corrected chi connectivity index (χ0v) is 19.8. The number of hydrogen-bond donors (Lipinski definition) is 2. The molecule has 182 valence electrons. The third-order valence-corrected chi connectivity index (χ3v) is 6.14. The first-order valence-electron chi connectivity index (χ1n) is 10.9. The van der Waals surface area contributed by atoms with Crippen LogP contribution in [0.15, 0.2) is 70.2 Å². The molecular formula is C25H24N2O7S. The van der Waals surface area contributed by atoms with Gasteiger partial charge in [0, 0.05) is 11.4 Å². The molecular weight excluding hydrogens is 472 g/mol. The Morgan fingerprint density at radius 3 is 2.66 bits per heavy atom. The lowest BCUT2D eigenvalue weighted by Crippen LogP contribution is -2.35. The first-order chi connectivity index (χ1) is 17.0. The van der Waals surface area contributed by atoms with Crippen LogP contribution in [-0.4, -0.2) is 36.4 Å². The second-order valence-electron chi connectivity index (χ2n) is 7.59. The Bertz CT molecular complexity index is 1200. The van der Waals surface area contributed by atoms with E-state index >= 15 is 0 Å². The average Bonchev–Trinajstić information content (AvgIpc) is 3.56. The number of carbonyl (C=O) groups is 3. The third-order valence-electron chi connectivity index (χ3n) is 5.06. The summed E-state index contributed by atoms with van der Waals surface area (Å²) in [5, 5.41) is 5.50. The molecule has 0 saturated carbocycles. The standard InChI is InChI=1S/C25H24N2O7S/c1-16(24(29)27-12-17-8-9-20-21(11-17)33-15-32-20)34-25(30)19-6-2-3-7-22(19)35-14-23(28)26-13-18-5-4-10-31-18/h2-11,16H,12-15H2,1H3,(H,26,28)(H,27,29)/t16-/m0/s1. The Morgan fingerprint density at radius 1 is 1.00 bits per heavy atom. The van der Waals surface area contributed by atoms with Crippen LogP contribution in [-0.2, 0) is 27.4 Å². The monoisotopic (exact) mass is 496 g/mol. The Labute approximate surface area is 206 Å². The molecule has 0 radical (unpaired) electrons. The minimum absolute atomic E-state index is 0.108. The van der Waals surface area contributed by atoms with E-state index in [0.29, 0.717) is 22.2 Å². The van der Waals surface area contributed by atoms with Crippen molar-refractivity contribution in [3.63, 3.8) is 0 Å². The average molecular weight is 497 g/mol. The molecule has 0 saturated heterocycles. The lowest BCUT2D eigenvalue weighted by molar-refractivity contribution is -0.129. The molecule has 3 aromatic rings. The van der Waals surface area contributed by atoms with E-state index in [-0.39, 0.29) is 37.1 Å². The van der Waals surface area contributed by atoms with E-state index < -0.39 is 18.0 Å². The summed E-state index contributed by atoms with van der Waals surface area (Å²) in [5.74, 6) is 0.766. The number of amides is 2. The summed E-state index contributed by atoms with van der Waals surface area (Å²) in [6.07, 6.45) is 0.530. The normalized spacial score (nSPS) is 12.6. The zero-order chi connectivity index (χ0) is 24.6. The summed E-state index contributed by atoms with van der Waals surface area (Å²) in [5.41, 5.74) is 1.11. The molecule has 10 heteroatoms. The largest absolute Gasteiger partial charge is 0.467 e. The second-order valence-corrected chi connectivity index (χ2v) is 8.61. The van der Waals surface area contributed by atoms with Gasteiger partial charge in [-0.15, -0.1) is 11.8 Å². The maximum Gasteiger partial charge on any atom is 0.340 e. The number of furan rings is 1. The summed E-state index contributed by atoms with van der Waals surface area (Å²) in [7, 11) is 0. The van der Waals surface area contributed by atoms with Gasteiger partial charge in [-0.05, 0) is 48.9 Å². The summed E-state index contributed by atoms with van der Waals surface area (Å²) in [6.45, 7) is 2.21. The number of benzene rings is 2. The molecule has 35 heavy (non-hydrogen) atoms. The number of rotatable bonds is 10. The molecule has 0 spiro atoms. The highest BCUT2D eigenvalue weighted by molar-refractivity contribution is 8.00. The van der Waals surface area contributed by atoms with Crippen molar-refractivity contribution in [2.75, 3.05) is 12.5 Å². The van der Waals surface area contributed by atoms with Crippen molar-refractivity contribution in [1.82, 2.24) is 10.6 Å². The highest BCUT2D eigenvalue weighted by Crippen LogP contribution is 2.32. The minimum Gasteiger partial charge on any atom is -0.467 e. The molecule has 1 aliphatic rings. The van der Waals surface area contributed by atoms with Gasteiger partial charge < -0.3 is 29.3 Å². The number of carbonyl (C=O) groups excluding carboxylic acids is 3. The van der Waals surface area contributed by atoms with Crippen LogP contribution in [0.5, 0.6) is 11.5 Å². The van der Waals surface area contributed by atoms with Gasteiger partial charge in [-0.1, -0.05) is 18.2 Å². The maximum atomic E-state index is 12.7. The van der Waals surface area contributed by atoms with Gasteiger partial charge in [-0.25, -0.2) is 4.79 Å². The van der Waals surface area contributed by atoms with Gasteiger partial charge in [-0.3, -0.25) is 9.59 Å². The van der Waals surface area contributed by atoms with Crippen molar-refractivity contribution in [3.05, 3.63) is 77.7 Å². The van der Waals surface area contributed by atoms with Crippen molar-refractivity contribution in [1.29, 1.82) is 0 Å². The molecule has 0 aliphatic carbocycles. The van der Waals surface area contributed by atoms with Crippen LogP contribution >= 0.6 is 11.8 Å². The topological polar surface area (TPSA) is 116 Å². The van der Waals surface area contributed by atoms with E-state index in [0.717, 1.165) is 5.56 Å². The van der Waals surface area contributed by atoms with Gasteiger partial charge in [0.15, 0.2) is 17.6 Å². The quantitative estimate of drug-likeness (QED) is 0.325. The molecule has 0 unspecified atom stereocenters. The molecule has 0 fully saturated rings. The Kier molecular flexibility index (Phi) is 7.94. The molecule has 2 amide bonds. The number of fused-ring (bicyclic) bond motifs is 1. The Hall–Kier alpha value is -3.92. The second kappa shape index (κ2) is 11.5. The lowest BCUT2D eigenvalue weighted by Gasteiger charge is -2.15. The van der Waals surface area contributed by atoms with Crippen molar-refractivity contribution in [2.45, 2.75) is 31.0 Å². The fourth-order valence-electron chi connectivity index (χ4n) is 3.22. The lowest BCUT2D eigenvalue weighted by atomic mass is 10.2. The van der Waals surface area contributed by atoms with Gasteiger partial charge in [0.2, 0.25) is 12.7 Å². The predicted molar refractivity (Wildman–Crippen MR) is 127 cm³/mol. The van der Waals surface area contributed by atoms with E-state index in [1.54, 1.807) is 48.5 Å². The van der Waals surface area contributed by atoms with Crippen LogP contribution in [0.2, 0.25) is 0 Å². The minimum atomic E-state index is -1.01. The van der Waals surface area contributed by atoms with Gasteiger partial charge in [0.05, 0.1) is 24.1 Å². The fraction of sp³-hybridized carbons (Fsp3) is 0.240. The number of thioether (sulfide) groups is 1. The molecule has 4 rings (SSSR count). The molecule has 2 aromatic carbocycles. The maximum absolute atomic E-state index is 12.7. The molecule has 1 aliphatic heterocycles. The first-order valence-corrected chi connectivity index (χ1v) is 11.9. The van der Waals surface area contributed by atoms with Crippen molar-refractivity contribution in [3.8, 4) is 11.5 Å². The van der Waals surface area contributed by atoms with Crippen LogP contribution in [0.25, 0.3) is 0 Å². The fourth-order valence-corrected chi connectivity index (χ4v) is 4.09. The predicted octanol–water partition coefficient (Wildman–Crippen LogP) is 3.28. The number of hydrogen-bond acceptors (Lipinski definition) is 8. The van der Waals surface area contributed by atoms with Crippen molar-refractivity contribution < 1.29 is 33.0 Å². The van der Waals surface area contributed by atoms with E-state index in [2.05, 4.69) is 10.6 Å². The van der Waals surface area contributed by atoms with Crippen molar-refractivity contribution >= 4 is 29.5 Å². The van der Waals surface area contributed by atoms with Gasteiger partial charge in [0.1, 0.15) is 5.76 Å². The summed E-state index contributed by atoms with van der Waals surface area (Å²) in [4.78, 5) is 38.0. The molecule has 1 aromatic heterocycles. The Morgan fingerprint density at radius 2 is 1.83 bits per heavy atom. The van der Waals surface area contributed by atoms with Crippen LogP contribution in [0.4, 0.5) is 0 Å². The zero-order valence-electron chi connectivity index (χ0n) is 18.9. The molecule has 9 nitrogen and oxygen atoms in total. The number of nitrogens with one attached hydrogen (secondary N) is 2. The highest BCUT2D eigenvalue weighted by Gasteiger charge is 2.21. The van der Waals surface area contributed by atoms with Crippen LogP contribution in [0.3, 0.4) is 0 Å². The molecule has 2 N–H and O–H groups in total. The SMILES string of the molecule is C[C@H](OC(=O)c1ccccc1SCC(=O)NCc1ccco1)C(=O)NCc1ccc2c(c1)OCO2. The van der Waals surface area contributed by atoms with E-state index in [1.807, 2.05) is 6.07 Å². The first kappa shape index (κ1) is 24.2. The summed E-state index contributed by atoms with van der Waals surface area (Å²) >= 11 is 1.21. The highest BCUT2D eigenvalue weighted by atomic mass is 32.2. The van der Waals surface area contributed by atoms with Gasteiger partial charge in [0.25, 0.3) is 5.91 Å². The molecule has 2 heterocycles. The van der Waals surface area contributed by atoms with Crippen molar-refractivity contribution in [2.24, 2.45) is 0 Å². The smallest absolute Gasteiger partial charge is 0.340 e. The van der Waals surface area contributed by atoms with Crippen LogP contribution < -0.4 is 20.1 Å². The molecule has 0 bridgehead atoms. The third kappa shape index (κ3) is 6.57. The number of esters is 1. The summed E-state index contributed by atoms with van der Waals surface area (Å²) < 4.78 is 21.2.